The fourth-order valence-corrected chi connectivity index (χ4v) is 1.25. The van der Waals surface area contributed by atoms with Crippen molar-refractivity contribution in [2.24, 2.45) is 0 Å². The van der Waals surface area contributed by atoms with Gasteiger partial charge in [-0.05, 0) is 12.1 Å². The Kier molecular flexibility index (Phi) is 3.55. The minimum absolute atomic E-state index is 0.0249. The second kappa shape index (κ2) is 5.29. The standard InChI is InChI=1S/C10H9F2N5O2/c1-19-10-15-8(16-17-10)14-9(18)13-7-3-2-5(11)4-6(7)12/h2-4H,1H3,(H3,13,14,15,16,17,18). The van der Waals surface area contributed by atoms with Crippen LogP contribution in [0.3, 0.4) is 0 Å². The van der Waals surface area contributed by atoms with Crippen molar-refractivity contribution in [3.8, 4) is 6.01 Å². The van der Waals surface area contributed by atoms with Gasteiger partial charge in [0.15, 0.2) is 0 Å². The molecule has 0 unspecified atom stereocenters. The highest BCUT2D eigenvalue weighted by molar-refractivity contribution is 5.98. The molecule has 1 aromatic heterocycles. The van der Waals surface area contributed by atoms with Gasteiger partial charge in [0.1, 0.15) is 11.6 Å². The first-order valence-electron chi connectivity index (χ1n) is 5.08. The predicted octanol–water partition coefficient (Wildman–Crippen LogP) is 1.74. The number of benzene rings is 1. The van der Waals surface area contributed by atoms with Crippen LogP contribution in [0.1, 0.15) is 0 Å². The number of methoxy groups -OCH3 is 1. The molecule has 0 saturated carbocycles. The third-order valence-corrected chi connectivity index (χ3v) is 2.06. The molecule has 7 nitrogen and oxygen atoms in total. The number of aromatic nitrogens is 3. The smallest absolute Gasteiger partial charge is 0.336 e. The first-order valence-corrected chi connectivity index (χ1v) is 5.08. The van der Waals surface area contributed by atoms with Crippen LogP contribution >= 0.6 is 0 Å². The van der Waals surface area contributed by atoms with Gasteiger partial charge in [0.05, 0.1) is 12.8 Å². The van der Waals surface area contributed by atoms with Crippen LogP contribution in [0.2, 0.25) is 0 Å². The number of anilines is 2. The lowest BCUT2D eigenvalue weighted by molar-refractivity contribution is 0.262. The molecule has 0 bridgehead atoms. The molecule has 100 valence electrons. The number of carbonyl (C=O) groups is 1. The number of hydrogen-bond acceptors (Lipinski definition) is 4. The number of rotatable bonds is 3. The van der Waals surface area contributed by atoms with E-state index in [0.717, 1.165) is 12.1 Å². The highest BCUT2D eigenvalue weighted by Crippen LogP contribution is 2.15. The predicted molar refractivity (Wildman–Crippen MR) is 61.9 cm³/mol. The van der Waals surface area contributed by atoms with Crippen molar-refractivity contribution in [3.63, 3.8) is 0 Å². The Balaban J connectivity index is 2.01. The molecule has 1 aromatic carbocycles. The van der Waals surface area contributed by atoms with Crippen molar-refractivity contribution in [2.45, 2.75) is 0 Å². The summed E-state index contributed by atoms with van der Waals surface area (Å²) in [7, 11) is 1.36. The van der Waals surface area contributed by atoms with Crippen LogP contribution in [-0.2, 0) is 0 Å². The van der Waals surface area contributed by atoms with E-state index in [0.29, 0.717) is 6.07 Å². The van der Waals surface area contributed by atoms with Crippen molar-refractivity contribution in [2.75, 3.05) is 17.7 Å². The molecule has 2 amide bonds. The van der Waals surface area contributed by atoms with Crippen LogP contribution in [-0.4, -0.2) is 28.3 Å². The van der Waals surface area contributed by atoms with Gasteiger partial charge in [0.2, 0.25) is 5.95 Å². The summed E-state index contributed by atoms with van der Waals surface area (Å²) in [6, 6.07) is 2.07. The van der Waals surface area contributed by atoms with Crippen LogP contribution in [0.4, 0.5) is 25.2 Å². The van der Waals surface area contributed by atoms with Crippen LogP contribution in [0.15, 0.2) is 18.2 Å². The van der Waals surface area contributed by atoms with Crippen LogP contribution in [0.25, 0.3) is 0 Å². The van der Waals surface area contributed by atoms with Crippen molar-refractivity contribution in [1.29, 1.82) is 0 Å². The minimum Gasteiger partial charge on any atom is -0.466 e. The van der Waals surface area contributed by atoms with Crippen molar-refractivity contribution in [3.05, 3.63) is 29.8 Å². The monoisotopic (exact) mass is 269 g/mol. The van der Waals surface area contributed by atoms with Crippen molar-refractivity contribution in [1.82, 2.24) is 15.2 Å². The summed E-state index contributed by atoms with van der Waals surface area (Å²) < 4.78 is 30.6. The average molecular weight is 269 g/mol. The van der Waals surface area contributed by atoms with Gasteiger partial charge in [-0.15, -0.1) is 5.10 Å². The molecule has 0 saturated heterocycles. The molecule has 3 N–H and O–H groups in total. The fraction of sp³-hybridized carbons (Fsp3) is 0.100. The zero-order chi connectivity index (χ0) is 13.8. The van der Waals surface area contributed by atoms with E-state index in [1.807, 2.05) is 0 Å². The Hall–Kier alpha value is -2.71. The molecule has 0 radical (unpaired) electrons. The second-order valence-corrected chi connectivity index (χ2v) is 3.37. The van der Waals surface area contributed by atoms with Crippen molar-refractivity contribution >= 4 is 17.7 Å². The van der Waals surface area contributed by atoms with E-state index in [1.165, 1.54) is 7.11 Å². The van der Waals surface area contributed by atoms with Gasteiger partial charge in [-0.2, -0.15) is 4.98 Å². The SMILES string of the molecule is COc1n[nH]c(NC(=O)Nc2ccc(F)cc2F)n1. The first-order chi connectivity index (χ1) is 9.08. The number of halogens is 2. The number of ether oxygens (including phenoxy) is 1. The molecule has 2 aromatic rings. The highest BCUT2D eigenvalue weighted by atomic mass is 19.1. The second-order valence-electron chi connectivity index (χ2n) is 3.37. The Bertz CT molecular complexity index is 601. The Morgan fingerprint density at radius 3 is 2.79 bits per heavy atom. The molecule has 1 heterocycles. The van der Waals surface area contributed by atoms with E-state index in [2.05, 4.69) is 25.8 Å². The minimum atomic E-state index is -0.884. The van der Waals surface area contributed by atoms with E-state index < -0.39 is 17.7 Å². The van der Waals surface area contributed by atoms with Crippen LogP contribution in [0.5, 0.6) is 6.01 Å². The zero-order valence-corrected chi connectivity index (χ0v) is 9.70. The number of hydrogen-bond donors (Lipinski definition) is 3. The number of amides is 2. The van der Waals surface area contributed by atoms with E-state index in [-0.39, 0.29) is 17.6 Å². The maximum Gasteiger partial charge on any atom is 0.336 e. The summed E-state index contributed by atoms with van der Waals surface area (Å²) in [5.74, 6) is -1.59. The summed E-state index contributed by atoms with van der Waals surface area (Å²) in [4.78, 5) is 15.2. The molecule has 0 spiro atoms. The molecular formula is C10H9F2N5O2. The number of nitrogens with one attached hydrogen (secondary N) is 3. The Morgan fingerprint density at radius 1 is 1.37 bits per heavy atom. The molecule has 0 fully saturated rings. The van der Waals surface area contributed by atoms with Gasteiger partial charge in [-0.25, -0.2) is 18.7 Å². The third kappa shape index (κ3) is 3.15. The third-order valence-electron chi connectivity index (χ3n) is 2.06. The molecule has 19 heavy (non-hydrogen) atoms. The Labute approximate surface area is 106 Å². The molecule has 2 rings (SSSR count). The maximum atomic E-state index is 13.3. The molecule has 0 atom stereocenters. The Morgan fingerprint density at radius 2 is 2.16 bits per heavy atom. The number of nitrogens with zero attached hydrogens (tertiary/aromatic N) is 2. The first kappa shape index (κ1) is 12.7. The zero-order valence-electron chi connectivity index (χ0n) is 9.70. The van der Waals surface area contributed by atoms with Gasteiger partial charge in [-0.1, -0.05) is 0 Å². The summed E-state index contributed by atoms with van der Waals surface area (Å²) in [6.45, 7) is 0. The largest absolute Gasteiger partial charge is 0.466 e. The van der Waals surface area contributed by atoms with E-state index in [4.69, 9.17) is 4.74 Å². The lowest BCUT2D eigenvalue weighted by atomic mass is 10.3. The lowest BCUT2D eigenvalue weighted by Gasteiger charge is -2.06. The lowest BCUT2D eigenvalue weighted by Crippen LogP contribution is -2.20. The summed E-state index contributed by atoms with van der Waals surface area (Å²) >= 11 is 0. The normalized spacial score (nSPS) is 10.1. The van der Waals surface area contributed by atoms with Crippen LogP contribution < -0.4 is 15.4 Å². The summed E-state index contributed by atoms with van der Waals surface area (Å²) in [5.41, 5.74) is -0.162. The molecular weight excluding hydrogens is 260 g/mol. The topological polar surface area (TPSA) is 91.9 Å². The molecule has 0 aliphatic heterocycles. The van der Waals surface area contributed by atoms with Gasteiger partial charge in [0, 0.05) is 6.07 Å². The van der Waals surface area contributed by atoms with Gasteiger partial charge in [0.25, 0.3) is 0 Å². The van der Waals surface area contributed by atoms with Gasteiger partial charge in [-0.3, -0.25) is 5.32 Å². The summed E-state index contributed by atoms with van der Waals surface area (Å²) in [5, 5.41) is 10.4. The van der Waals surface area contributed by atoms with E-state index in [1.54, 1.807) is 0 Å². The summed E-state index contributed by atoms with van der Waals surface area (Å²) in [6.07, 6.45) is 0. The van der Waals surface area contributed by atoms with Gasteiger partial charge >= 0.3 is 12.0 Å². The number of carbonyl (C=O) groups excluding carboxylic acids is 1. The number of aromatic amines is 1. The van der Waals surface area contributed by atoms with E-state index >= 15 is 0 Å². The number of urea groups is 1. The number of H-pyrrole nitrogens is 1. The van der Waals surface area contributed by atoms with Gasteiger partial charge < -0.3 is 10.1 Å². The highest BCUT2D eigenvalue weighted by Gasteiger charge is 2.10. The molecule has 0 aliphatic rings. The van der Waals surface area contributed by atoms with E-state index in [9.17, 15) is 13.6 Å². The maximum absolute atomic E-state index is 13.3. The van der Waals surface area contributed by atoms with Crippen molar-refractivity contribution < 1.29 is 18.3 Å². The average Bonchev–Trinajstić information content (AvgIpc) is 2.80. The van der Waals surface area contributed by atoms with Crippen LogP contribution in [0, 0.1) is 11.6 Å². The molecule has 9 heteroatoms. The fourth-order valence-electron chi connectivity index (χ4n) is 1.25. The molecule has 0 aliphatic carbocycles. The quantitative estimate of drug-likeness (QED) is 0.791.